The third-order valence-electron chi connectivity index (χ3n) is 4.41. The molecule has 1 aromatic rings. The summed E-state index contributed by atoms with van der Waals surface area (Å²) in [5, 5.41) is 19.0. The topological polar surface area (TPSA) is 62.5 Å². The smallest absolute Gasteiger partial charge is 0.400 e. The van der Waals surface area contributed by atoms with Gasteiger partial charge >= 0.3 is 7.12 Å². The van der Waals surface area contributed by atoms with Crippen LogP contribution in [-0.4, -0.2) is 30.0 Å². The van der Waals surface area contributed by atoms with Gasteiger partial charge in [-0.1, -0.05) is 18.2 Å². The number of aliphatic hydroxyl groups is 1. The van der Waals surface area contributed by atoms with Gasteiger partial charge in [0, 0.05) is 0 Å². The van der Waals surface area contributed by atoms with E-state index in [0.717, 1.165) is 11.1 Å². The fraction of sp³-hybridized carbons (Fsp3) is 0.471. The number of aryl methyl sites for hydroxylation is 1. The average Bonchev–Trinajstić information content (AvgIpc) is 2.65. The van der Waals surface area contributed by atoms with Crippen LogP contribution < -0.4 is 0 Å². The highest BCUT2D eigenvalue weighted by atomic mass is 16.7. The zero-order chi connectivity index (χ0) is 16.5. The maximum absolute atomic E-state index is 9.70. The van der Waals surface area contributed by atoms with E-state index in [4.69, 9.17) is 9.31 Å². The van der Waals surface area contributed by atoms with Crippen molar-refractivity contribution in [3.63, 3.8) is 0 Å². The van der Waals surface area contributed by atoms with Crippen LogP contribution in [0.1, 0.15) is 44.4 Å². The molecular weight excluding hydrogens is 277 g/mol. The van der Waals surface area contributed by atoms with Gasteiger partial charge in [0.25, 0.3) is 0 Å². The van der Waals surface area contributed by atoms with Gasteiger partial charge in [0.15, 0.2) is 0 Å². The first-order valence-electron chi connectivity index (χ1n) is 7.38. The monoisotopic (exact) mass is 299 g/mol. The summed E-state index contributed by atoms with van der Waals surface area (Å²) in [4.78, 5) is 0. The van der Waals surface area contributed by atoms with E-state index < -0.39 is 18.3 Å². The molecule has 0 spiro atoms. The quantitative estimate of drug-likeness (QED) is 0.872. The molecule has 4 nitrogen and oxygen atoms in total. The normalized spacial score (nSPS) is 20.0. The predicted octanol–water partition coefficient (Wildman–Crippen LogP) is 2.87. The summed E-state index contributed by atoms with van der Waals surface area (Å²) in [5.74, 6) is 0. The molecule has 1 fully saturated rings. The van der Waals surface area contributed by atoms with Gasteiger partial charge in [-0.2, -0.15) is 5.26 Å². The second-order valence-electron chi connectivity index (χ2n) is 6.67. The van der Waals surface area contributed by atoms with E-state index in [1.165, 1.54) is 0 Å². The molecular formula is C17H22BNO3. The van der Waals surface area contributed by atoms with E-state index in [9.17, 15) is 10.4 Å². The molecule has 0 aliphatic carbocycles. The summed E-state index contributed by atoms with van der Waals surface area (Å²) in [5.41, 5.74) is 2.04. The predicted molar refractivity (Wildman–Crippen MR) is 87.0 cm³/mol. The molecule has 0 atom stereocenters. The molecule has 1 saturated heterocycles. The average molecular weight is 299 g/mol. The molecule has 0 saturated carbocycles. The molecule has 0 amide bonds. The van der Waals surface area contributed by atoms with Gasteiger partial charge in [-0.25, -0.2) is 0 Å². The van der Waals surface area contributed by atoms with E-state index >= 15 is 0 Å². The Balaban J connectivity index is 2.36. The van der Waals surface area contributed by atoms with Crippen molar-refractivity contribution in [1.82, 2.24) is 0 Å². The van der Waals surface area contributed by atoms with Crippen molar-refractivity contribution in [1.29, 1.82) is 5.26 Å². The number of hydrogen-bond donors (Lipinski definition) is 1. The summed E-state index contributed by atoms with van der Waals surface area (Å²) >= 11 is 0. The van der Waals surface area contributed by atoms with Crippen LogP contribution in [0.2, 0.25) is 0 Å². The van der Waals surface area contributed by atoms with Gasteiger partial charge in [0.1, 0.15) is 0 Å². The molecule has 1 aliphatic rings. The third-order valence-corrected chi connectivity index (χ3v) is 4.41. The van der Waals surface area contributed by atoms with Gasteiger partial charge < -0.3 is 14.4 Å². The van der Waals surface area contributed by atoms with E-state index in [1.807, 2.05) is 52.8 Å². The maximum Gasteiger partial charge on any atom is 0.492 e. The van der Waals surface area contributed by atoms with Crippen LogP contribution in [-0.2, 0) is 9.31 Å². The van der Waals surface area contributed by atoms with Gasteiger partial charge in [-0.15, -0.1) is 0 Å². The van der Waals surface area contributed by atoms with Crippen LogP contribution in [0, 0.1) is 18.3 Å². The molecule has 5 heteroatoms. The molecule has 22 heavy (non-hydrogen) atoms. The number of hydrogen-bond acceptors (Lipinski definition) is 4. The van der Waals surface area contributed by atoms with Crippen molar-refractivity contribution in [2.24, 2.45) is 0 Å². The summed E-state index contributed by atoms with van der Waals surface area (Å²) in [6.45, 7) is 9.62. The number of rotatable bonds is 3. The van der Waals surface area contributed by atoms with Crippen molar-refractivity contribution >= 4 is 13.2 Å². The van der Waals surface area contributed by atoms with Crippen LogP contribution in [0.5, 0.6) is 0 Å². The van der Waals surface area contributed by atoms with E-state index in [2.05, 4.69) is 6.07 Å². The van der Waals surface area contributed by atoms with Crippen molar-refractivity contribution in [3.05, 3.63) is 40.4 Å². The number of aliphatic hydroxyl groups excluding tert-OH is 1. The molecule has 116 valence electrons. The standard InChI is InChI=1S/C17H22BNO3/c1-12-6-7-13(14(8-12)10-19)9-15(11-20)18-21-16(2,3)17(4,5)22-18/h6-9,20H,11H2,1-5H3. The second-order valence-corrected chi connectivity index (χ2v) is 6.67. The lowest BCUT2D eigenvalue weighted by molar-refractivity contribution is 0.00578. The maximum atomic E-state index is 9.70. The lowest BCUT2D eigenvalue weighted by atomic mass is 9.77. The highest BCUT2D eigenvalue weighted by Crippen LogP contribution is 2.38. The first-order valence-corrected chi connectivity index (χ1v) is 7.38. The number of nitriles is 1. The Labute approximate surface area is 132 Å². The number of nitrogens with zero attached hydrogens (tertiary/aromatic N) is 1. The molecule has 1 aliphatic heterocycles. The fourth-order valence-electron chi connectivity index (χ4n) is 2.28. The SMILES string of the molecule is Cc1ccc(C=C(CO)B2OC(C)(C)C(C)(C)O2)c(C#N)c1. The first kappa shape index (κ1) is 16.8. The Morgan fingerprint density at radius 3 is 2.36 bits per heavy atom. The van der Waals surface area contributed by atoms with Gasteiger partial charge in [0.05, 0.1) is 29.4 Å². The van der Waals surface area contributed by atoms with E-state index in [0.29, 0.717) is 11.0 Å². The lowest BCUT2D eigenvalue weighted by Gasteiger charge is -2.32. The Morgan fingerprint density at radius 2 is 1.86 bits per heavy atom. The zero-order valence-electron chi connectivity index (χ0n) is 13.8. The largest absolute Gasteiger partial charge is 0.492 e. The Hall–Kier alpha value is -1.61. The zero-order valence-corrected chi connectivity index (χ0v) is 13.8. The van der Waals surface area contributed by atoms with Crippen LogP contribution in [0.25, 0.3) is 6.08 Å². The minimum Gasteiger partial charge on any atom is -0.400 e. The summed E-state index contributed by atoms with van der Waals surface area (Å²) in [6.07, 6.45) is 1.78. The summed E-state index contributed by atoms with van der Waals surface area (Å²) in [7, 11) is -0.608. The van der Waals surface area contributed by atoms with E-state index in [-0.39, 0.29) is 6.61 Å². The molecule has 0 aromatic heterocycles. The summed E-state index contributed by atoms with van der Waals surface area (Å²) < 4.78 is 11.9. The first-order chi connectivity index (χ1) is 10.2. The minimum atomic E-state index is -0.608. The molecule has 0 radical (unpaired) electrons. The molecule has 1 aromatic carbocycles. The molecule has 0 unspecified atom stereocenters. The Morgan fingerprint density at radius 1 is 1.27 bits per heavy atom. The van der Waals surface area contributed by atoms with Crippen LogP contribution in [0.4, 0.5) is 0 Å². The fourth-order valence-corrected chi connectivity index (χ4v) is 2.28. The molecule has 0 bridgehead atoms. The molecule has 2 rings (SSSR count). The second kappa shape index (κ2) is 5.88. The van der Waals surface area contributed by atoms with Crippen molar-refractivity contribution in [2.75, 3.05) is 6.61 Å². The van der Waals surface area contributed by atoms with E-state index in [1.54, 1.807) is 6.08 Å². The Bertz CT molecular complexity index is 628. The van der Waals surface area contributed by atoms with Crippen molar-refractivity contribution in [2.45, 2.75) is 45.8 Å². The van der Waals surface area contributed by atoms with Gasteiger partial charge in [0.2, 0.25) is 0 Å². The Kier molecular flexibility index (Phi) is 4.48. The van der Waals surface area contributed by atoms with Crippen LogP contribution in [0.15, 0.2) is 23.7 Å². The highest BCUT2D eigenvalue weighted by molar-refractivity contribution is 6.55. The summed E-state index contributed by atoms with van der Waals surface area (Å²) in [6, 6.07) is 7.81. The minimum absolute atomic E-state index is 0.185. The van der Waals surface area contributed by atoms with Crippen molar-refractivity contribution < 1.29 is 14.4 Å². The number of benzene rings is 1. The molecule has 1 heterocycles. The van der Waals surface area contributed by atoms with Gasteiger partial charge in [-0.3, -0.25) is 0 Å². The molecule has 1 N–H and O–H groups in total. The van der Waals surface area contributed by atoms with Gasteiger partial charge in [-0.05, 0) is 57.3 Å². The lowest BCUT2D eigenvalue weighted by Crippen LogP contribution is -2.41. The van der Waals surface area contributed by atoms with Crippen LogP contribution in [0.3, 0.4) is 0 Å². The third kappa shape index (κ3) is 3.10. The van der Waals surface area contributed by atoms with Crippen molar-refractivity contribution in [3.8, 4) is 6.07 Å². The van der Waals surface area contributed by atoms with Crippen LogP contribution >= 0.6 is 0 Å². The highest BCUT2D eigenvalue weighted by Gasteiger charge is 2.52.